The summed E-state index contributed by atoms with van der Waals surface area (Å²) in [4.78, 5) is 24.7. The zero-order chi connectivity index (χ0) is 23.8. The average Bonchev–Trinajstić information content (AvgIpc) is 2.93. The normalized spacial score (nSPS) is 16.7. The molecule has 1 fully saturated rings. The number of nitrogens with one attached hydrogen (secondary N) is 1. The minimum atomic E-state index is 0.187. The summed E-state index contributed by atoms with van der Waals surface area (Å²) >= 11 is 0. The third-order valence-corrected chi connectivity index (χ3v) is 6.55. The van der Waals surface area contributed by atoms with Gasteiger partial charge in [-0.25, -0.2) is 9.97 Å². The van der Waals surface area contributed by atoms with Crippen molar-refractivity contribution in [2.45, 2.75) is 6.04 Å². The van der Waals surface area contributed by atoms with E-state index in [0.29, 0.717) is 22.8 Å². The van der Waals surface area contributed by atoms with Crippen LogP contribution in [0.5, 0.6) is 5.75 Å². The first-order chi connectivity index (χ1) is 17.2. The van der Waals surface area contributed by atoms with Crippen molar-refractivity contribution in [2.24, 2.45) is 0 Å². The lowest BCUT2D eigenvalue weighted by Crippen LogP contribution is -2.58. The number of benzene rings is 2. The van der Waals surface area contributed by atoms with Gasteiger partial charge in [0.1, 0.15) is 12.0 Å². The molecule has 174 valence electrons. The molecule has 0 amide bonds. The summed E-state index contributed by atoms with van der Waals surface area (Å²) in [7, 11) is 0. The van der Waals surface area contributed by atoms with Gasteiger partial charge in [-0.1, -0.05) is 36.4 Å². The molecule has 2 aliphatic heterocycles. The number of aldehydes is 1. The summed E-state index contributed by atoms with van der Waals surface area (Å²) in [5.74, 6) is 1.65. The van der Waals surface area contributed by atoms with Crippen molar-refractivity contribution in [3.63, 3.8) is 0 Å². The van der Waals surface area contributed by atoms with Crippen LogP contribution in [0, 0.1) is 0 Å². The second-order valence-corrected chi connectivity index (χ2v) is 8.67. The highest BCUT2D eigenvalue weighted by Gasteiger charge is 2.33. The molecule has 9 heteroatoms. The van der Waals surface area contributed by atoms with Crippen LogP contribution in [0.25, 0.3) is 22.4 Å². The van der Waals surface area contributed by atoms with Crippen molar-refractivity contribution in [1.82, 2.24) is 20.2 Å². The molecule has 0 bridgehead atoms. The Morgan fingerprint density at radius 3 is 2.54 bits per heavy atom. The van der Waals surface area contributed by atoms with Crippen molar-refractivity contribution in [1.29, 1.82) is 0 Å². The lowest BCUT2D eigenvalue weighted by atomic mass is 10.1. The molecule has 35 heavy (non-hydrogen) atoms. The number of rotatable bonds is 4. The van der Waals surface area contributed by atoms with Crippen LogP contribution in [0.1, 0.15) is 10.4 Å². The predicted octanol–water partition coefficient (Wildman–Crippen LogP) is 3.24. The van der Waals surface area contributed by atoms with E-state index < -0.39 is 0 Å². The molecule has 0 unspecified atom stereocenters. The number of phenols is 1. The molecule has 2 aromatic heterocycles. The van der Waals surface area contributed by atoms with Gasteiger partial charge in [0.15, 0.2) is 5.82 Å². The molecule has 4 aromatic rings. The summed E-state index contributed by atoms with van der Waals surface area (Å²) in [5, 5.41) is 22.3. The molecule has 0 saturated carbocycles. The number of piperazine rings is 1. The summed E-state index contributed by atoms with van der Waals surface area (Å²) in [6.07, 6.45) is 4.49. The van der Waals surface area contributed by atoms with Gasteiger partial charge in [-0.05, 0) is 23.8 Å². The number of carbonyl (C=O) groups excluding carboxylic acids is 1. The van der Waals surface area contributed by atoms with E-state index in [2.05, 4.69) is 35.3 Å². The first-order valence-corrected chi connectivity index (χ1v) is 11.5. The van der Waals surface area contributed by atoms with E-state index in [1.165, 1.54) is 0 Å². The minimum absolute atomic E-state index is 0.187. The number of aromatic nitrogens is 4. The Balaban J connectivity index is 1.20. The van der Waals surface area contributed by atoms with E-state index in [1.807, 2.05) is 42.7 Å². The molecule has 2 aliphatic rings. The molecule has 2 N–H and O–H groups in total. The van der Waals surface area contributed by atoms with Gasteiger partial charge in [-0.15, -0.1) is 10.2 Å². The molecule has 2 aromatic carbocycles. The number of phenolic OH excluding ortho intramolecular Hbond substituents is 1. The lowest BCUT2D eigenvalue weighted by molar-refractivity contribution is 0.112. The Morgan fingerprint density at radius 2 is 1.77 bits per heavy atom. The molecule has 0 spiro atoms. The number of para-hydroxylation sites is 1. The molecule has 1 saturated heterocycles. The fraction of sp³-hybridized carbons (Fsp3) is 0.192. The number of nitrogens with zero attached hydrogens (tertiary/aromatic N) is 6. The third-order valence-electron chi connectivity index (χ3n) is 6.55. The van der Waals surface area contributed by atoms with E-state index in [9.17, 15) is 9.90 Å². The first-order valence-electron chi connectivity index (χ1n) is 11.5. The lowest BCUT2D eigenvalue weighted by Gasteiger charge is -2.45. The Morgan fingerprint density at radius 1 is 0.971 bits per heavy atom. The maximum Gasteiger partial charge on any atom is 0.225 e. The van der Waals surface area contributed by atoms with Crippen LogP contribution in [-0.4, -0.2) is 63.8 Å². The van der Waals surface area contributed by atoms with Gasteiger partial charge in [0, 0.05) is 55.3 Å². The SMILES string of the molecule is O=Cc1ccc(-c2cnc(N3CCN4c5cc(-c6ccccc6O)nnc5NC[C@H]4C3)nc2)cc1. The van der Waals surface area contributed by atoms with Crippen LogP contribution in [0.4, 0.5) is 17.5 Å². The second-order valence-electron chi connectivity index (χ2n) is 8.67. The smallest absolute Gasteiger partial charge is 0.225 e. The molecule has 0 aliphatic carbocycles. The highest BCUT2D eigenvalue weighted by atomic mass is 16.3. The van der Waals surface area contributed by atoms with E-state index in [4.69, 9.17) is 0 Å². The standard InChI is InChI=1S/C26H23N7O2/c34-16-17-5-7-18(8-6-17)19-12-28-26(29-13-19)32-9-10-33-20(15-32)14-27-25-23(33)11-22(30-31-25)21-3-1-2-4-24(21)35/h1-8,11-13,16,20,35H,9-10,14-15H2,(H,27,31)/t20-/m0/s1. The van der Waals surface area contributed by atoms with Crippen LogP contribution in [0.3, 0.4) is 0 Å². The highest BCUT2D eigenvalue weighted by molar-refractivity contribution is 5.77. The minimum Gasteiger partial charge on any atom is -0.507 e. The molecule has 4 heterocycles. The van der Waals surface area contributed by atoms with E-state index in [1.54, 1.807) is 24.3 Å². The Hall–Kier alpha value is -4.53. The van der Waals surface area contributed by atoms with Crippen molar-refractivity contribution in [2.75, 3.05) is 41.3 Å². The molecule has 1 atom stereocenters. The topological polar surface area (TPSA) is 107 Å². The number of hydrogen-bond acceptors (Lipinski definition) is 9. The van der Waals surface area contributed by atoms with Gasteiger partial charge in [0.2, 0.25) is 5.95 Å². The summed E-state index contributed by atoms with van der Waals surface area (Å²) in [6.45, 7) is 3.09. The molecule has 0 radical (unpaired) electrons. The van der Waals surface area contributed by atoms with E-state index in [-0.39, 0.29) is 11.8 Å². The zero-order valence-corrected chi connectivity index (χ0v) is 18.9. The van der Waals surface area contributed by atoms with Crippen LogP contribution in [0.2, 0.25) is 0 Å². The fourth-order valence-electron chi connectivity index (χ4n) is 4.68. The zero-order valence-electron chi connectivity index (χ0n) is 18.9. The van der Waals surface area contributed by atoms with Gasteiger partial charge in [0.05, 0.1) is 17.4 Å². The number of anilines is 3. The third kappa shape index (κ3) is 3.90. The summed E-state index contributed by atoms with van der Waals surface area (Å²) < 4.78 is 0. The molecular formula is C26H23N7O2. The van der Waals surface area contributed by atoms with Crippen LogP contribution in [0.15, 0.2) is 67.0 Å². The Kier molecular flexibility index (Phi) is 5.21. The van der Waals surface area contributed by atoms with Crippen molar-refractivity contribution in [3.8, 4) is 28.1 Å². The van der Waals surface area contributed by atoms with Gasteiger partial charge in [-0.2, -0.15) is 0 Å². The van der Waals surface area contributed by atoms with Crippen LogP contribution in [-0.2, 0) is 0 Å². The molecule has 9 nitrogen and oxygen atoms in total. The first kappa shape index (κ1) is 21.0. The second kappa shape index (κ2) is 8.68. The molecule has 6 rings (SSSR count). The predicted molar refractivity (Wildman–Crippen MR) is 134 cm³/mol. The average molecular weight is 466 g/mol. The van der Waals surface area contributed by atoms with Gasteiger partial charge < -0.3 is 20.2 Å². The van der Waals surface area contributed by atoms with Crippen LogP contribution < -0.4 is 15.1 Å². The van der Waals surface area contributed by atoms with Crippen molar-refractivity contribution >= 4 is 23.7 Å². The fourth-order valence-corrected chi connectivity index (χ4v) is 4.68. The van der Waals surface area contributed by atoms with E-state index >= 15 is 0 Å². The van der Waals surface area contributed by atoms with Crippen molar-refractivity contribution < 1.29 is 9.90 Å². The Bertz CT molecular complexity index is 1380. The maximum absolute atomic E-state index is 10.9. The number of carbonyl (C=O) groups is 1. The monoisotopic (exact) mass is 465 g/mol. The highest BCUT2D eigenvalue weighted by Crippen LogP contribution is 2.36. The van der Waals surface area contributed by atoms with Gasteiger partial charge in [-0.3, -0.25) is 4.79 Å². The summed E-state index contributed by atoms with van der Waals surface area (Å²) in [6, 6.07) is 16.8. The maximum atomic E-state index is 10.9. The van der Waals surface area contributed by atoms with Crippen molar-refractivity contribution in [3.05, 3.63) is 72.6 Å². The number of hydrogen-bond donors (Lipinski definition) is 2. The Labute approximate surface area is 202 Å². The van der Waals surface area contributed by atoms with Gasteiger partial charge >= 0.3 is 0 Å². The van der Waals surface area contributed by atoms with Crippen LogP contribution >= 0.6 is 0 Å². The summed E-state index contributed by atoms with van der Waals surface area (Å²) in [5.41, 5.74) is 4.83. The molecular weight excluding hydrogens is 442 g/mol. The quantitative estimate of drug-likeness (QED) is 0.439. The van der Waals surface area contributed by atoms with Gasteiger partial charge in [0.25, 0.3) is 0 Å². The number of aromatic hydroxyl groups is 1. The largest absolute Gasteiger partial charge is 0.507 e. The van der Waals surface area contributed by atoms with E-state index in [0.717, 1.165) is 55.1 Å². The number of fused-ring (bicyclic) bond motifs is 3.